The van der Waals surface area contributed by atoms with Crippen LogP contribution in [0.15, 0.2) is 0 Å². The lowest BCUT2D eigenvalue weighted by atomic mass is 10.0. The minimum absolute atomic E-state index is 0.324. The van der Waals surface area contributed by atoms with Gasteiger partial charge in [0.25, 0.3) is 0 Å². The highest BCUT2D eigenvalue weighted by Crippen LogP contribution is 2.06. The molecule has 0 rings (SSSR count). The highest BCUT2D eigenvalue weighted by Gasteiger charge is 2.30. The predicted octanol–water partition coefficient (Wildman–Crippen LogP) is -2.83. The van der Waals surface area contributed by atoms with Crippen molar-refractivity contribution >= 4 is 0 Å². The van der Waals surface area contributed by atoms with E-state index in [1.54, 1.807) is 6.92 Å². The van der Waals surface area contributed by atoms with Gasteiger partial charge in [-0.2, -0.15) is 0 Å². The topological polar surface area (TPSA) is 131 Å². The molecule has 98 valence electrons. The number of hydrogen-bond donors (Lipinski definition) is 6. The van der Waals surface area contributed by atoms with Crippen LogP contribution in [0.5, 0.6) is 0 Å². The first-order chi connectivity index (χ1) is 7.43. The van der Waals surface area contributed by atoms with Crippen molar-refractivity contribution in [1.82, 2.24) is 0 Å². The van der Waals surface area contributed by atoms with Crippen molar-refractivity contribution in [3.63, 3.8) is 0 Å². The van der Waals surface area contributed by atoms with E-state index in [0.29, 0.717) is 6.42 Å². The summed E-state index contributed by atoms with van der Waals surface area (Å²) in [6.07, 6.45) is -7.07. The molecule has 5 atom stereocenters. The van der Waals surface area contributed by atoms with Crippen molar-refractivity contribution in [3.8, 4) is 0 Å². The van der Waals surface area contributed by atoms with Gasteiger partial charge < -0.3 is 35.4 Å². The van der Waals surface area contributed by atoms with Crippen LogP contribution in [0.1, 0.15) is 13.3 Å². The smallest absolute Gasteiger partial charge is 0.154 e. The quantitative estimate of drug-likeness (QED) is 0.252. The highest BCUT2D eigenvalue weighted by molar-refractivity contribution is 4.80. The number of ether oxygens (including phenoxy) is 1. The SMILES string of the molecule is CCC(O)OC[C@@H](O)[C@@H](O)[C@H](O)[C@@H](O)CO. The molecule has 0 spiro atoms. The molecule has 6 N–H and O–H groups in total. The van der Waals surface area contributed by atoms with E-state index < -0.39 is 37.3 Å². The second-order valence-electron chi connectivity index (χ2n) is 3.49. The third-order valence-electron chi connectivity index (χ3n) is 2.13. The molecule has 0 aromatic heterocycles. The molecule has 0 amide bonds. The molecule has 0 aliphatic rings. The summed E-state index contributed by atoms with van der Waals surface area (Å²) in [4.78, 5) is 0. The van der Waals surface area contributed by atoms with Gasteiger partial charge in [0.15, 0.2) is 6.29 Å². The average Bonchev–Trinajstić information content (AvgIpc) is 2.32. The van der Waals surface area contributed by atoms with Crippen molar-refractivity contribution in [3.05, 3.63) is 0 Å². The zero-order valence-corrected chi connectivity index (χ0v) is 9.10. The molecule has 0 radical (unpaired) electrons. The van der Waals surface area contributed by atoms with E-state index in [9.17, 15) is 15.3 Å². The maximum Gasteiger partial charge on any atom is 0.154 e. The van der Waals surface area contributed by atoms with Gasteiger partial charge >= 0.3 is 0 Å². The molecule has 1 unspecified atom stereocenters. The van der Waals surface area contributed by atoms with Gasteiger partial charge in [0.1, 0.15) is 24.4 Å². The molecule has 0 saturated carbocycles. The Bertz CT molecular complexity index is 177. The summed E-state index contributed by atoms with van der Waals surface area (Å²) in [5.74, 6) is 0. The van der Waals surface area contributed by atoms with Crippen molar-refractivity contribution in [1.29, 1.82) is 0 Å². The van der Waals surface area contributed by atoms with Crippen LogP contribution < -0.4 is 0 Å². The monoisotopic (exact) mass is 240 g/mol. The summed E-state index contributed by atoms with van der Waals surface area (Å²) in [6.45, 7) is 0.548. The van der Waals surface area contributed by atoms with Gasteiger partial charge in [-0.05, 0) is 6.42 Å². The van der Waals surface area contributed by atoms with Gasteiger partial charge in [-0.25, -0.2) is 0 Å². The predicted molar refractivity (Wildman–Crippen MR) is 53.4 cm³/mol. The molecular weight excluding hydrogens is 220 g/mol. The molecule has 16 heavy (non-hydrogen) atoms. The van der Waals surface area contributed by atoms with Crippen molar-refractivity contribution < 1.29 is 35.4 Å². The zero-order valence-electron chi connectivity index (χ0n) is 9.10. The van der Waals surface area contributed by atoms with Crippen molar-refractivity contribution in [2.24, 2.45) is 0 Å². The molecule has 7 heteroatoms. The third-order valence-corrected chi connectivity index (χ3v) is 2.13. The van der Waals surface area contributed by atoms with E-state index in [2.05, 4.69) is 0 Å². The second-order valence-corrected chi connectivity index (χ2v) is 3.49. The first-order valence-corrected chi connectivity index (χ1v) is 5.06. The zero-order chi connectivity index (χ0) is 12.7. The largest absolute Gasteiger partial charge is 0.394 e. The second kappa shape index (κ2) is 7.91. The minimum Gasteiger partial charge on any atom is -0.394 e. The Morgan fingerprint density at radius 3 is 1.88 bits per heavy atom. The van der Waals surface area contributed by atoms with E-state index in [1.807, 2.05) is 0 Å². The molecule has 7 nitrogen and oxygen atoms in total. The van der Waals surface area contributed by atoms with Gasteiger partial charge in [0.2, 0.25) is 0 Å². The standard InChI is InChI=1S/C9H20O7/c1-2-7(13)16-4-6(12)9(15)8(14)5(11)3-10/h5-15H,2-4H2,1H3/t5-,6+,7?,8+,9+/m0/s1. The summed E-state index contributed by atoms with van der Waals surface area (Å²) in [6, 6.07) is 0. The highest BCUT2D eigenvalue weighted by atomic mass is 16.6. The third kappa shape index (κ3) is 5.17. The van der Waals surface area contributed by atoms with Crippen LogP contribution >= 0.6 is 0 Å². The first kappa shape index (κ1) is 15.7. The fraction of sp³-hybridized carbons (Fsp3) is 1.00. The van der Waals surface area contributed by atoms with Crippen LogP contribution in [0.25, 0.3) is 0 Å². The molecule has 0 aliphatic carbocycles. The molecule has 0 aromatic rings. The normalized spacial score (nSPS) is 21.2. The number of hydrogen-bond acceptors (Lipinski definition) is 7. The van der Waals surface area contributed by atoms with E-state index >= 15 is 0 Å². The Morgan fingerprint density at radius 2 is 1.44 bits per heavy atom. The van der Waals surface area contributed by atoms with E-state index in [0.717, 1.165) is 0 Å². The van der Waals surface area contributed by atoms with Crippen LogP contribution in [0, 0.1) is 0 Å². The fourth-order valence-electron chi connectivity index (χ4n) is 0.989. The molecule has 0 aromatic carbocycles. The Balaban J connectivity index is 4.02. The molecule has 0 saturated heterocycles. The Hall–Kier alpha value is -0.280. The van der Waals surface area contributed by atoms with E-state index in [-0.39, 0.29) is 6.61 Å². The Kier molecular flexibility index (Phi) is 7.77. The van der Waals surface area contributed by atoms with E-state index in [4.69, 9.17) is 20.1 Å². The summed E-state index contributed by atoms with van der Waals surface area (Å²) in [5, 5.41) is 54.5. The maximum atomic E-state index is 9.34. The molecular formula is C9H20O7. The van der Waals surface area contributed by atoms with Gasteiger partial charge in [-0.1, -0.05) is 6.92 Å². The van der Waals surface area contributed by atoms with Gasteiger partial charge in [-0.15, -0.1) is 0 Å². The summed E-state index contributed by atoms with van der Waals surface area (Å²) in [5.41, 5.74) is 0. The summed E-state index contributed by atoms with van der Waals surface area (Å²) in [7, 11) is 0. The molecule has 0 bridgehead atoms. The average molecular weight is 240 g/mol. The van der Waals surface area contributed by atoms with Crippen LogP contribution in [0.3, 0.4) is 0 Å². The Morgan fingerprint density at radius 1 is 0.938 bits per heavy atom. The lowest BCUT2D eigenvalue weighted by Crippen LogP contribution is -2.47. The van der Waals surface area contributed by atoms with Crippen LogP contribution in [0.2, 0.25) is 0 Å². The molecule has 0 aliphatic heterocycles. The number of aliphatic hydroxyl groups is 6. The van der Waals surface area contributed by atoms with Gasteiger partial charge in [0, 0.05) is 0 Å². The fourth-order valence-corrected chi connectivity index (χ4v) is 0.989. The van der Waals surface area contributed by atoms with Gasteiger partial charge in [-0.3, -0.25) is 0 Å². The maximum absolute atomic E-state index is 9.34. The number of aliphatic hydroxyl groups excluding tert-OH is 6. The summed E-state index contributed by atoms with van der Waals surface area (Å²) < 4.78 is 4.73. The van der Waals surface area contributed by atoms with Crippen LogP contribution in [-0.2, 0) is 4.74 Å². The first-order valence-electron chi connectivity index (χ1n) is 5.06. The van der Waals surface area contributed by atoms with Crippen molar-refractivity contribution in [2.45, 2.75) is 44.1 Å². The summed E-state index contributed by atoms with van der Waals surface area (Å²) >= 11 is 0. The van der Waals surface area contributed by atoms with Crippen LogP contribution in [-0.4, -0.2) is 74.6 Å². The lowest BCUT2D eigenvalue weighted by Gasteiger charge is -2.26. The van der Waals surface area contributed by atoms with Crippen molar-refractivity contribution in [2.75, 3.05) is 13.2 Å². The van der Waals surface area contributed by atoms with Gasteiger partial charge in [0.05, 0.1) is 13.2 Å². The van der Waals surface area contributed by atoms with E-state index in [1.165, 1.54) is 0 Å². The lowest BCUT2D eigenvalue weighted by molar-refractivity contribution is -0.163. The Labute approximate surface area is 93.5 Å². The minimum atomic E-state index is -1.68. The molecule has 0 heterocycles. The van der Waals surface area contributed by atoms with Crippen LogP contribution in [0.4, 0.5) is 0 Å². The number of rotatable bonds is 8. The molecule has 0 fully saturated rings.